The van der Waals surface area contributed by atoms with Gasteiger partial charge in [0.2, 0.25) is 0 Å². The van der Waals surface area contributed by atoms with Crippen molar-refractivity contribution in [3.63, 3.8) is 0 Å². The standard InChI is InChI=1S/C22H26N2O3S2/c1-12-7-8-13(2)17(11-12)19(25)16(5)29-22-23-20-18(14(3)15(4)28-20)21(26)24(22)9-10-27-6/h7-8,11,16H,9-10H2,1-6H3. The van der Waals surface area contributed by atoms with Gasteiger partial charge in [0, 0.05) is 17.6 Å². The lowest BCUT2D eigenvalue weighted by molar-refractivity contribution is 0.0993. The Hall–Kier alpha value is -1.96. The molecule has 7 heteroatoms. The van der Waals surface area contributed by atoms with Crippen LogP contribution in [0.25, 0.3) is 10.2 Å². The number of ketones is 1. The van der Waals surface area contributed by atoms with Gasteiger partial charge in [-0.25, -0.2) is 4.98 Å². The molecule has 154 valence electrons. The van der Waals surface area contributed by atoms with Crippen molar-refractivity contribution in [1.29, 1.82) is 0 Å². The highest BCUT2D eigenvalue weighted by molar-refractivity contribution is 8.00. The first kappa shape index (κ1) is 21.7. The van der Waals surface area contributed by atoms with E-state index in [4.69, 9.17) is 9.72 Å². The maximum absolute atomic E-state index is 13.2. The van der Waals surface area contributed by atoms with Crippen molar-refractivity contribution in [2.45, 2.75) is 51.6 Å². The summed E-state index contributed by atoms with van der Waals surface area (Å²) in [6.07, 6.45) is 0. The summed E-state index contributed by atoms with van der Waals surface area (Å²) >= 11 is 2.86. The smallest absolute Gasteiger partial charge is 0.263 e. The number of Topliss-reactive ketones (excluding diaryl/α,β-unsaturated/α-hetero) is 1. The number of nitrogens with zero attached hydrogens (tertiary/aromatic N) is 2. The fourth-order valence-corrected chi connectivity index (χ4v) is 5.28. The fourth-order valence-electron chi connectivity index (χ4n) is 3.21. The second kappa shape index (κ2) is 8.81. The molecule has 0 spiro atoms. The SMILES string of the molecule is COCCn1c(SC(C)C(=O)c2cc(C)ccc2C)nc2sc(C)c(C)c2c1=O. The number of carbonyl (C=O) groups is 1. The minimum atomic E-state index is -0.365. The van der Waals surface area contributed by atoms with Crippen molar-refractivity contribution in [3.05, 3.63) is 55.7 Å². The highest BCUT2D eigenvalue weighted by atomic mass is 32.2. The minimum absolute atomic E-state index is 0.0439. The van der Waals surface area contributed by atoms with Crippen LogP contribution >= 0.6 is 23.1 Å². The topological polar surface area (TPSA) is 61.2 Å². The third-order valence-corrected chi connectivity index (χ3v) is 7.27. The third-order valence-electron chi connectivity index (χ3n) is 5.08. The number of carbonyl (C=O) groups excluding carboxylic acids is 1. The van der Waals surface area contributed by atoms with Gasteiger partial charge in [-0.2, -0.15) is 0 Å². The van der Waals surface area contributed by atoms with Crippen LogP contribution in [0, 0.1) is 27.7 Å². The average molecular weight is 431 g/mol. The number of ether oxygens (including phenoxy) is 1. The molecule has 1 unspecified atom stereocenters. The van der Waals surface area contributed by atoms with E-state index in [1.165, 1.54) is 23.1 Å². The molecule has 5 nitrogen and oxygen atoms in total. The lowest BCUT2D eigenvalue weighted by atomic mass is 10.0. The Bertz CT molecular complexity index is 1130. The predicted octanol–water partition coefficient (Wildman–Crippen LogP) is 4.70. The number of thioether (sulfide) groups is 1. The Morgan fingerprint density at radius 2 is 2.00 bits per heavy atom. The van der Waals surface area contributed by atoms with Crippen molar-refractivity contribution in [2.24, 2.45) is 0 Å². The van der Waals surface area contributed by atoms with Crippen LogP contribution in [0.3, 0.4) is 0 Å². The summed E-state index contributed by atoms with van der Waals surface area (Å²) in [4.78, 5) is 32.9. The maximum atomic E-state index is 13.2. The number of thiophene rings is 1. The summed E-state index contributed by atoms with van der Waals surface area (Å²) in [6.45, 7) is 10.6. The molecule has 0 fully saturated rings. The number of benzene rings is 1. The molecular formula is C22H26N2O3S2. The van der Waals surface area contributed by atoms with Crippen molar-refractivity contribution in [3.8, 4) is 0 Å². The first-order valence-electron chi connectivity index (χ1n) is 9.52. The van der Waals surface area contributed by atoms with E-state index in [-0.39, 0.29) is 16.6 Å². The number of hydrogen-bond donors (Lipinski definition) is 0. The van der Waals surface area contributed by atoms with Crippen molar-refractivity contribution in [1.82, 2.24) is 9.55 Å². The second-order valence-electron chi connectivity index (χ2n) is 7.25. The van der Waals surface area contributed by atoms with E-state index in [2.05, 4.69) is 0 Å². The van der Waals surface area contributed by atoms with E-state index in [9.17, 15) is 9.59 Å². The predicted molar refractivity (Wildman–Crippen MR) is 121 cm³/mol. The number of methoxy groups -OCH3 is 1. The van der Waals surface area contributed by atoms with Crippen LogP contribution in [-0.2, 0) is 11.3 Å². The zero-order valence-electron chi connectivity index (χ0n) is 17.7. The molecule has 3 rings (SSSR count). The number of aryl methyl sites for hydroxylation is 4. The minimum Gasteiger partial charge on any atom is -0.383 e. The monoisotopic (exact) mass is 430 g/mol. The van der Waals surface area contributed by atoms with Gasteiger partial charge in [-0.15, -0.1) is 11.3 Å². The molecule has 0 amide bonds. The van der Waals surface area contributed by atoms with Gasteiger partial charge in [0.1, 0.15) is 4.83 Å². The van der Waals surface area contributed by atoms with Crippen LogP contribution < -0.4 is 5.56 Å². The lowest BCUT2D eigenvalue weighted by Crippen LogP contribution is -2.26. The quantitative estimate of drug-likeness (QED) is 0.309. The summed E-state index contributed by atoms with van der Waals surface area (Å²) < 4.78 is 6.83. The molecule has 2 heterocycles. The van der Waals surface area contributed by atoms with Crippen molar-refractivity contribution < 1.29 is 9.53 Å². The molecule has 1 aromatic carbocycles. The molecule has 0 radical (unpaired) electrons. The highest BCUT2D eigenvalue weighted by Gasteiger charge is 2.23. The van der Waals surface area contributed by atoms with E-state index < -0.39 is 0 Å². The summed E-state index contributed by atoms with van der Waals surface area (Å²) in [7, 11) is 1.61. The fraction of sp³-hybridized carbons (Fsp3) is 0.409. The van der Waals surface area contributed by atoms with Gasteiger partial charge in [-0.3, -0.25) is 14.2 Å². The molecular weight excluding hydrogens is 404 g/mol. The molecule has 0 bridgehead atoms. The van der Waals surface area contributed by atoms with Crippen molar-refractivity contribution >= 4 is 39.1 Å². The Morgan fingerprint density at radius 3 is 2.69 bits per heavy atom. The molecule has 0 aliphatic heterocycles. The molecule has 0 saturated heterocycles. The van der Waals surface area contributed by atoms with Crippen LogP contribution in [0.2, 0.25) is 0 Å². The van der Waals surface area contributed by atoms with Gasteiger partial charge in [-0.05, 0) is 51.8 Å². The summed E-state index contributed by atoms with van der Waals surface area (Å²) in [6, 6.07) is 5.90. The van der Waals surface area contributed by atoms with Crippen molar-refractivity contribution in [2.75, 3.05) is 13.7 Å². The zero-order valence-corrected chi connectivity index (χ0v) is 19.3. The molecule has 29 heavy (non-hydrogen) atoms. The van der Waals surface area contributed by atoms with Gasteiger partial charge >= 0.3 is 0 Å². The van der Waals surface area contributed by atoms with Gasteiger partial charge in [-0.1, -0.05) is 29.5 Å². The normalized spacial score (nSPS) is 12.5. The van der Waals surface area contributed by atoms with Crippen LogP contribution in [0.4, 0.5) is 0 Å². The third kappa shape index (κ3) is 4.32. The summed E-state index contributed by atoms with van der Waals surface area (Å²) in [5.41, 5.74) is 3.64. The first-order chi connectivity index (χ1) is 13.7. The van der Waals surface area contributed by atoms with Crippen LogP contribution in [0.1, 0.15) is 38.8 Å². The van der Waals surface area contributed by atoms with Gasteiger partial charge in [0.25, 0.3) is 5.56 Å². The molecule has 1 atom stereocenters. The lowest BCUT2D eigenvalue weighted by Gasteiger charge is -2.16. The zero-order chi connectivity index (χ0) is 21.3. The molecule has 0 aliphatic carbocycles. The van der Waals surface area contributed by atoms with Crippen LogP contribution in [0.15, 0.2) is 28.2 Å². The van der Waals surface area contributed by atoms with Gasteiger partial charge in [0.05, 0.1) is 23.8 Å². The number of rotatable bonds is 7. The van der Waals surface area contributed by atoms with E-state index in [1.807, 2.05) is 52.8 Å². The Morgan fingerprint density at radius 1 is 1.28 bits per heavy atom. The number of hydrogen-bond acceptors (Lipinski definition) is 6. The van der Waals surface area contributed by atoms with Gasteiger partial charge < -0.3 is 4.74 Å². The van der Waals surface area contributed by atoms with E-state index in [1.54, 1.807) is 11.7 Å². The molecule has 3 aromatic rings. The number of fused-ring (bicyclic) bond motifs is 1. The Balaban J connectivity index is 2.02. The summed E-state index contributed by atoms with van der Waals surface area (Å²) in [5.74, 6) is 0.0439. The van der Waals surface area contributed by atoms with Gasteiger partial charge in [0.15, 0.2) is 10.9 Å². The van der Waals surface area contributed by atoms with E-state index in [0.717, 1.165) is 32.0 Å². The molecule has 0 aliphatic rings. The Kier molecular flexibility index (Phi) is 6.61. The van der Waals surface area contributed by atoms with Crippen LogP contribution in [-0.4, -0.2) is 34.3 Å². The first-order valence-corrected chi connectivity index (χ1v) is 11.2. The van der Waals surface area contributed by atoms with E-state index in [0.29, 0.717) is 23.7 Å². The second-order valence-corrected chi connectivity index (χ2v) is 9.76. The maximum Gasteiger partial charge on any atom is 0.263 e. The highest BCUT2D eigenvalue weighted by Crippen LogP contribution is 2.30. The van der Waals surface area contributed by atoms with Crippen LogP contribution in [0.5, 0.6) is 0 Å². The molecule has 2 aromatic heterocycles. The van der Waals surface area contributed by atoms with E-state index >= 15 is 0 Å². The Labute approximate surface area is 179 Å². The number of aromatic nitrogens is 2. The molecule has 0 saturated carbocycles. The molecule has 0 N–H and O–H groups in total. The summed E-state index contributed by atoms with van der Waals surface area (Å²) in [5, 5.41) is 0.865. The average Bonchev–Trinajstić information content (AvgIpc) is 2.96. The largest absolute Gasteiger partial charge is 0.383 e.